The van der Waals surface area contributed by atoms with Gasteiger partial charge in [0.15, 0.2) is 0 Å². The normalized spacial score (nSPS) is 16.2. The Bertz CT molecular complexity index is 1690. The van der Waals surface area contributed by atoms with E-state index in [-0.39, 0.29) is 35.7 Å². The van der Waals surface area contributed by atoms with Gasteiger partial charge in [0, 0.05) is 42.6 Å². The topological polar surface area (TPSA) is 95.5 Å². The number of anilines is 2. The molecule has 2 aliphatic heterocycles. The molecule has 2 aliphatic rings. The van der Waals surface area contributed by atoms with Crippen molar-refractivity contribution >= 4 is 52.4 Å². The summed E-state index contributed by atoms with van der Waals surface area (Å²) in [6.07, 6.45) is 4.34. The summed E-state index contributed by atoms with van der Waals surface area (Å²) in [5, 5.41) is 3.53. The molecule has 0 saturated carbocycles. The zero-order chi connectivity index (χ0) is 28.7. The van der Waals surface area contributed by atoms with Crippen LogP contribution in [-0.2, 0) is 24.2 Å². The van der Waals surface area contributed by atoms with Crippen molar-refractivity contribution in [3.05, 3.63) is 117 Å². The summed E-state index contributed by atoms with van der Waals surface area (Å²) in [6.45, 7) is 2.59. The number of hydrogen-bond donors (Lipinski definition) is 1. The number of pyridine rings is 2. The molecular weight excluding hydrogens is 561 g/mol. The van der Waals surface area contributed by atoms with Crippen LogP contribution in [0.4, 0.5) is 11.5 Å². The third kappa shape index (κ3) is 5.28. The summed E-state index contributed by atoms with van der Waals surface area (Å²) in [4.78, 5) is 52.7. The van der Waals surface area contributed by atoms with Crippen molar-refractivity contribution < 1.29 is 14.4 Å². The number of rotatable bonds is 5. The lowest BCUT2D eigenvalue weighted by atomic mass is 10.0. The van der Waals surface area contributed by atoms with Gasteiger partial charge in [-0.2, -0.15) is 0 Å². The Balaban J connectivity index is 1.31. The van der Waals surface area contributed by atoms with Crippen LogP contribution in [0.2, 0.25) is 10.0 Å². The SMILES string of the molecule is Cc1cnc2c(c1)CCN2C(=O)c1ccc(CN2C(=O)c3ccc(Cl)cc3NC(=O)C2Cc2ccccn2)cc1Cl. The van der Waals surface area contributed by atoms with Crippen LogP contribution in [0.25, 0.3) is 0 Å². The van der Waals surface area contributed by atoms with E-state index in [1.807, 2.05) is 25.1 Å². The predicted molar refractivity (Wildman–Crippen MR) is 157 cm³/mol. The number of halogens is 2. The molecule has 8 nitrogen and oxygen atoms in total. The fourth-order valence-electron chi connectivity index (χ4n) is 5.32. The van der Waals surface area contributed by atoms with Crippen LogP contribution in [0.1, 0.15) is 43.1 Å². The lowest BCUT2D eigenvalue weighted by Gasteiger charge is -2.29. The smallest absolute Gasteiger partial charge is 0.260 e. The first kappa shape index (κ1) is 26.9. The fourth-order valence-corrected chi connectivity index (χ4v) is 5.78. The standard InChI is InChI=1S/C31H25Cl2N5O3/c1-18-12-20-9-11-37(28(20)35-16-18)30(40)23-7-5-19(13-25(23)33)17-38-27(15-22-4-2-3-10-34-22)29(39)36-26-14-21(32)6-8-24(26)31(38)41/h2-8,10,12-14,16,27H,9,11,15,17H2,1H3,(H,36,39). The van der Waals surface area contributed by atoms with Gasteiger partial charge in [-0.05, 0) is 72.5 Å². The highest BCUT2D eigenvalue weighted by Crippen LogP contribution is 2.32. The number of fused-ring (bicyclic) bond motifs is 2. The van der Waals surface area contributed by atoms with E-state index in [2.05, 4.69) is 15.3 Å². The van der Waals surface area contributed by atoms with E-state index >= 15 is 0 Å². The molecule has 2 aromatic carbocycles. The molecule has 41 heavy (non-hydrogen) atoms. The lowest BCUT2D eigenvalue weighted by molar-refractivity contribution is -0.120. The molecule has 4 aromatic rings. The Kier molecular flexibility index (Phi) is 7.19. The highest BCUT2D eigenvalue weighted by Gasteiger charge is 2.36. The van der Waals surface area contributed by atoms with Crippen molar-refractivity contribution in [3.63, 3.8) is 0 Å². The summed E-state index contributed by atoms with van der Waals surface area (Å²) in [7, 11) is 0. The van der Waals surface area contributed by atoms with Crippen molar-refractivity contribution in [2.45, 2.75) is 32.4 Å². The highest BCUT2D eigenvalue weighted by atomic mass is 35.5. The largest absolute Gasteiger partial charge is 0.323 e. The van der Waals surface area contributed by atoms with Crippen molar-refractivity contribution in [1.29, 1.82) is 0 Å². The highest BCUT2D eigenvalue weighted by molar-refractivity contribution is 6.34. The number of carbonyl (C=O) groups is 3. The van der Waals surface area contributed by atoms with E-state index in [0.29, 0.717) is 45.5 Å². The molecular formula is C31H25Cl2N5O3. The Morgan fingerprint density at radius 1 is 1.05 bits per heavy atom. The first-order valence-corrected chi connectivity index (χ1v) is 13.9. The molecule has 0 spiro atoms. The number of aromatic nitrogens is 2. The van der Waals surface area contributed by atoms with E-state index in [1.54, 1.807) is 59.8 Å². The van der Waals surface area contributed by atoms with Gasteiger partial charge >= 0.3 is 0 Å². The molecule has 0 aliphatic carbocycles. The fraction of sp³-hybridized carbons (Fsp3) is 0.194. The maximum Gasteiger partial charge on any atom is 0.260 e. The molecule has 2 aromatic heterocycles. The van der Waals surface area contributed by atoms with Gasteiger partial charge in [-0.15, -0.1) is 0 Å². The molecule has 0 saturated heterocycles. The molecule has 0 fully saturated rings. The van der Waals surface area contributed by atoms with Crippen LogP contribution in [0.15, 0.2) is 73.1 Å². The van der Waals surface area contributed by atoms with Gasteiger partial charge in [0.1, 0.15) is 11.9 Å². The maximum absolute atomic E-state index is 13.8. The predicted octanol–water partition coefficient (Wildman–Crippen LogP) is 5.50. The van der Waals surface area contributed by atoms with Crippen molar-refractivity contribution in [1.82, 2.24) is 14.9 Å². The van der Waals surface area contributed by atoms with Crippen molar-refractivity contribution in [2.24, 2.45) is 0 Å². The number of amides is 3. The average molecular weight is 586 g/mol. The monoisotopic (exact) mass is 585 g/mol. The van der Waals surface area contributed by atoms with Crippen molar-refractivity contribution in [2.75, 3.05) is 16.8 Å². The summed E-state index contributed by atoms with van der Waals surface area (Å²) >= 11 is 12.8. The van der Waals surface area contributed by atoms with Gasteiger partial charge in [-0.3, -0.25) is 24.3 Å². The molecule has 1 N–H and O–H groups in total. The van der Waals surface area contributed by atoms with Crippen LogP contribution in [0.3, 0.4) is 0 Å². The van der Waals surface area contributed by atoms with Gasteiger partial charge in [0.05, 0.1) is 21.8 Å². The lowest BCUT2D eigenvalue weighted by Crippen LogP contribution is -2.46. The maximum atomic E-state index is 13.8. The zero-order valence-electron chi connectivity index (χ0n) is 22.1. The third-order valence-corrected chi connectivity index (χ3v) is 7.89. The van der Waals surface area contributed by atoms with E-state index in [0.717, 1.165) is 17.5 Å². The minimum absolute atomic E-state index is 0.0907. The van der Waals surface area contributed by atoms with Gasteiger partial charge < -0.3 is 10.2 Å². The number of hydrogen-bond acceptors (Lipinski definition) is 5. The Morgan fingerprint density at radius 3 is 2.68 bits per heavy atom. The second-order valence-corrected chi connectivity index (χ2v) is 11.0. The summed E-state index contributed by atoms with van der Waals surface area (Å²) < 4.78 is 0. The number of nitrogens with zero attached hydrogens (tertiary/aromatic N) is 4. The van der Waals surface area contributed by atoms with E-state index in [1.165, 1.54) is 4.90 Å². The second kappa shape index (κ2) is 11.0. The quantitative estimate of drug-likeness (QED) is 0.333. The Labute approximate surface area is 246 Å². The summed E-state index contributed by atoms with van der Waals surface area (Å²) in [5.41, 5.74) is 4.45. The van der Waals surface area contributed by atoms with Crippen LogP contribution >= 0.6 is 23.2 Å². The molecule has 206 valence electrons. The Morgan fingerprint density at radius 2 is 1.90 bits per heavy atom. The minimum atomic E-state index is -0.848. The van der Waals surface area contributed by atoms with Gasteiger partial charge in [0.2, 0.25) is 5.91 Å². The second-order valence-electron chi connectivity index (χ2n) is 10.2. The number of nitrogens with one attached hydrogen (secondary N) is 1. The van der Waals surface area contributed by atoms with E-state index < -0.39 is 6.04 Å². The van der Waals surface area contributed by atoms with Gasteiger partial charge in [-0.1, -0.05) is 41.4 Å². The molecule has 6 rings (SSSR count). The first-order chi connectivity index (χ1) is 19.8. The Hall–Kier alpha value is -4.27. The molecule has 10 heteroatoms. The number of carbonyl (C=O) groups excluding carboxylic acids is 3. The van der Waals surface area contributed by atoms with Gasteiger partial charge in [-0.25, -0.2) is 4.98 Å². The molecule has 1 unspecified atom stereocenters. The van der Waals surface area contributed by atoms with Crippen LogP contribution in [-0.4, -0.2) is 45.2 Å². The first-order valence-electron chi connectivity index (χ1n) is 13.2. The van der Waals surface area contributed by atoms with Crippen LogP contribution in [0, 0.1) is 6.92 Å². The van der Waals surface area contributed by atoms with E-state index in [4.69, 9.17) is 23.2 Å². The van der Waals surface area contributed by atoms with E-state index in [9.17, 15) is 14.4 Å². The van der Waals surface area contributed by atoms with Crippen LogP contribution in [0.5, 0.6) is 0 Å². The van der Waals surface area contributed by atoms with Gasteiger partial charge in [0.25, 0.3) is 11.8 Å². The number of aryl methyl sites for hydroxylation is 1. The molecule has 0 bridgehead atoms. The third-order valence-electron chi connectivity index (χ3n) is 7.34. The zero-order valence-corrected chi connectivity index (χ0v) is 23.6. The molecule has 4 heterocycles. The molecule has 1 atom stereocenters. The molecule has 0 radical (unpaired) electrons. The minimum Gasteiger partial charge on any atom is -0.323 e. The summed E-state index contributed by atoms with van der Waals surface area (Å²) in [6, 6.07) is 16.5. The average Bonchev–Trinajstić information content (AvgIpc) is 3.34. The number of benzene rings is 2. The van der Waals surface area contributed by atoms with Crippen LogP contribution < -0.4 is 10.2 Å². The van der Waals surface area contributed by atoms with Crippen molar-refractivity contribution in [3.8, 4) is 0 Å². The summed E-state index contributed by atoms with van der Waals surface area (Å²) in [5.74, 6) is -0.264. The molecule has 3 amide bonds.